The average molecular weight is 383 g/mol. The highest BCUT2D eigenvalue weighted by Crippen LogP contribution is 2.36. The molecule has 148 valence electrons. The van der Waals surface area contributed by atoms with Crippen LogP contribution >= 0.6 is 0 Å². The van der Waals surface area contributed by atoms with E-state index in [9.17, 15) is 9.18 Å². The van der Waals surface area contributed by atoms with Crippen molar-refractivity contribution in [2.45, 2.75) is 18.6 Å². The van der Waals surface area contributed by atoms with Gasteiger partial charge in [-0.3, -0.25) is 0 Å². The van der Waals surface area contributed by atoms with E-state index in [2.05, 4.69) is 17.4 Å². The van der Waals surface area contributed by atoms with Gasteiger partial charge >= 0.3 is 6.03 Å². The van der Waals surface area contributed by atoms with E-state index in [1.165, 1.54) is 17.7 Å². The van der Waals surface area contributed by atoms with Gasteiger partial charge in [0.15, 0.2) is 0 Å². The predicted octanol–water partition coefficient (Wildman–Crippen LogP) is 2.81. The van der Waals surface area contributed by atoms with Gasteiger partial charge in [-0.05, 0) is 42.3 Å². The molecule has 2 aromatic carbocycles. The number of ether oxygens (including phenoxy) is 1. The summed E-state index contributed by atoms with van der Waals surface area (Å²) < 4.78 is 19.3. The third-order valence-corrected chi connectivity index (χ3v) is 5.56. The second-order valence-electron chi connectivity index (χ2n) is 7.38. The van der Waals surface area contributed by atoms with E-state index in [0.29, 0.717) is 32.8 Å². The normalized spacial score (nSPS) is 22.1. The number of carbonyl (C=O) groups is 1. The summed E-state index contributed by atoms with van der Waals surface area (Å²) >= 11 is 0. The van der Waals surface area contributed by atoms with E-state index >= 15 is 0 Å². The Morgan fingerprint density at radius 3 is 2.75 bits per heavy atom. The van der Waals surface area contributed by atoms with Gasteiger partial charge in [0.25, 0.3) is 0 Å². The van der Waals surface area contributed by atoms with Gasteiger partial charge in [-0.2, -0.15) is 0 Å². The maximum absolute atomic E-state index is 13.5. The Bertz CT molecular complexity index is 825. The smallest absolute Gasteiger partial charge is 0.320 e. The number of amides is 2. The molecule has 28 heavy (non-hydrogen) atoms. The fourth-order valence-electron chi connectivity index (χ4n) is 4.20. The molecule has 2 amide bonds. The van der Waals surface area contributed by atoms with Gasteiger partial charge in [0, 0.05) is 26.2 Å². The zero-order chi connectivity index (χ0) is 19.5. The highest BCUT2D eigenvalue weighted by atomic mass is 19.1. The number of urea groups is 1. The number of likely N-dealkylation sites (N-methyl/N-ethyl adjacent to an activating group) is 1. The van der Waals surface area contributed by atoms with E-state index in [0.717, 1.165) is 17.5 Å². The molecule has 5 nitrogen and oxygen atoms in total. The number of nitrogens with one attached hydrogen (secondary N) is 1. The van der Waals surface area contributed by atoms with Crippen molar-refractivity contribution in [3.8, 4) is 0 Å². The van der Waals surface area contributed by atoms with Crippen molar-refractivity contribution in [1.82, 2.24) is 15.1 Å². The van der Waals surface area contributed by atoms with Crippen LogP contribution in [0.5, 0.6) is 0 Å². The highest BCUT2D eigenvalue weighted by Gasteiger charge is 2.35. The molecule has 0 saturated carbocycles. The fourth-order valence-corrected chi connectivity index (χ4v) is 4.20. The lowest BCUT2D eigenvalue weighted by Gasteiger charge is -2.42. The van der Waals surface area contributed by atoms with Gasteiger partial charge in [0.2, 0.25) is 0 Å². The van der Waals surface area contributed by atoms with Crippen molar-refractivity contribution in [3.05, 3.63) is 71.0 Å². The van der Waals surface area contributed by atoms with Crippen LogP contribution in [0.3, 0.4) is 0 Å². The number of morpholine rings is 1. The summed E-state index contributed by atoms with van der Waals surface area (Å²) in [5.74, 6) is -0.270. The van der Waals surface area contributed by atoms with Crippen LogP contribution in [0.1, 0.15) is 22.7 Å². The molecule has 2 aromatic rings. The Kier molecular flexibility index (Phi) is 5.59. The third-order valence-electron chi connectivity index (χ3n) is 5.56. The number of nitrogens with zero attached hydrogens (tertiary/aromatic N) is 2. The van der Waals surface area contributed by atoms with Crippen LogP contribution in [0.2, 0.25) is 0 Å². The zero-order valence-corrected chi connectivity index (χ0v) is 16.1. The first-order valence-electron chi connectivity index (χ1n) is 9.82. The van der Waals surface area contributed by atoms with Gasteiger partial charge in [0.05, 0.1) is 18.8 Å². The Balaban J connectivity index is 1.65. The van der Waals surface area contributed by atoms with Crippen molar-refractivity contribution in [3.63, 3.8) is 0 Å². The molecule has 0 radical (unpaired) electrons. The van der Waals surface area contributed by atoms with E-state index in [4.69, 9.17) is 4.74 Å². The van der Waals surface area contributed by atoms with Crippen LogP contribution in [-0.4, -0.2) is 61.8 Å². The van der Waals surface area contributed by atoms with Crippen molar-refractivity contribution in [2.24, 2.45) is 0 Å². The van der Waals surface area contributed by atoms with Gasteiger partial charge in [-0.15, -0.1) is 0 Å². The second-order valence-corrected chi connectivity index (χ2v) is 7.38. The summed E-state index contributed by atoms with van der Waals surface area (Å²) in [6.07, 6.45) is 0.827. The molecule has 1 N–H and O–H groups in total. The highest BCUT2D eigenvalue weighted by molar-refractivity contribution is 5.76. The topological polar surface area (TPSA) is 44.8 Å². The quantitative estimate of drug-likeness (QED) is 0.887. The van der Waals surface area contributed by atoms with E-state index in [-0.39, 0.29) is 24.0 Å². The van der Waals surface area contributed by atoms with Gasteiger partial charge in [-0.25, -0.2) is 9.18 Å². The van der Waals surface area contributed by atoms with E-state index < -0.39 is 0 Å². The lowest BCUT2D eigenvalue weighted by atomic mass is 9.88. The summed E-state index contributed by atoms with van der Waals surface area (Å²) in [5.41, 5.74) is 3.30. The first kappa shape index (κ1) is 18.9. The van der Waals surface area contributed by atoms with Gasteiger partial charge in [0.1, 0.15) is 5.82 Å². The number of halogens is 1. The Morgan fingerprint density at radius 1 is 1.18 bits per heavy atom. The number of benzene rings is 2. The average Bonchev–Trinajstić information content (AvgIpc) is 2.73. The molecule has 2 heterocycles. The lowest BCUT2D eigenvalue weighted by Crippen LogP contribution is -2.54. The van der Waals surface area contributed by atoms with Crippen molar-refractivity contribution in [2.75, 3.05) is 39.8 Å². The van der Waals surface area contributed by atoms with E-state index in [1.54, 1.807) is 12.1 Å². The maximum Gasteiger partial charge on any atom is 0.320 e. The minimum atomic E-state index is -0.270. The molecule has 2 atom stereocenters. The summed E-state index contributed by atoms with van der Waals surface area (Å²) in [4.78, 5) is 17.3. The Hall–Kier alpha value is -2.44. The van der Waals surface area contributed by atoms with E-state index in [1.807, 2.05) is 29.0 Å². The van der Waals surface area contributed by atoms with Crippen molar-refractivity contribution >= 4 is 6.03 Å². The molecular formula is C22H26FN3O2. The maximum atomic E-state index is 13.5. The molecule has 0 spiro atoms. The second kappa shape index (κ2) is 8.29. The number of rotatable bonds is 3. The minimum absolute atomic E-state index is 0.00375. The number of carbonyl (C=O) groups excluding carboxylic acids is 1. The van der Waals surface area contributed by atoms with Crippen LogP contribution in [0.15, 0.2) is 48.5 Å². The third kappa shape index (κ3) is 3.75. The van der Waals surface area contributed by atoms with Crippen LogP contribution in [0, 0.1) is 5.82 Å². The van der Waals surface area contributed by atoms with Gasteiger partial charge < -0.3 is 19.9 Å². The van der Waals surface area contributed by atoms with Gasteiger partial charge in [-0.1, -0.05) is 36.4 Å². The summed E-state index contributed by atoms with van der Waals surface area (Å²) in [6, 6.07) is 14.5. The van der Waals surface area contributed by atoms with Crippen LogP contribution < -0.4 is 5.32 Å². The molecule has 2 aliphatic rings. The molecular weight excluding hydrogens is 357 g/mol. The SMILES string of the molecule is CNC[C@H]1CN(C(=O)N2CCc3ccccc3[C@@H]2c2ccc(F)cc2)CCO1. The largest absolute Gasteiger partial charge is 0.373 e. The van der Waals surface area contributed by atoms with Crippen LogP contribution in [0.25, 0.3) is 0 Å². The summed E-state index contributed by atoms with van der Waals surface area (Å²) in [6.45, 7) is 3.07. The number of hydrogen-bond acceptors (Lipinski definition) is 3. The van der Waals surface area contributed by atoms with Crippen LogP contribution in [-0.2, 0) is 11.2 Å². The lowest BCUT2D eigenvalue weighted by molar-refractivity contribution is -0.0186. The fraction of sp³-hybridized carbons (Fsp3) is 0.409. The number of fused-ring (bicyclic) bond motifs is 1. The van der Waals surface area contributed by atoms with Crippen molar-refractivity contribution < 1.29 is 13.9 Å². The molecule has 0 aromatic heterocycles. The first-order chi connectivity index (χ1) is 13.7. The molecule has 1 saturated heterocycles. The first-order valence-corrected chi connectivity index (χ1v) is 9.82. The molecule has 0 aliphatic carbocycles. The monoisotopic (exact) mass is 383 g/mol. The number of hydrogen-bond donors (Lipinski definition) is 1. The molecule has 0 bridgehead atoms. The summed E-state index contributed by atoms with van der Waals surface area (Å²) in [5, 5.41) is 3.12. The molecule has 2 aliphatic heterocycles. The summed E-state index contributed by atoms with van der Waals surface area (Å²) in [7, 11) is 1.89. The van der Waals surface area contributed by atoms with Crippen LogP contribution in [0.4, 0.5) is 9.18 Å². The molecule has 6 heteroatoms. The molecule has 1 fully saturated rings. The molecule has 0 unspecified atom stereocenters. The predicted molar refractivity (Wildman–Crippen MR) is 106 cm³/mol. The van der Waals surface area contributed by atoms with Crippen molar-refractivity contribution in [1.29, 1.82) is 0 Å². The standard InChI is InChI=1S/C22H26FN3O2/c1-24-14-19-15-25(12-13-28-19)22(27)26-11-10-16-4-2-3-5-20(16)21(26)17-6-8-18(23)9-7-17/h2-9,19,21,24H,10-15H2,1H3/t19-,21-/m0/s1. The molecule has 4 rings (SSSR count). The zero-order valence-electron chi connectivity index (χ0n) is 16.1. The Morgan fingerprint density at radius 2 is 1.96 bits per heavy atom. The minimum Gasteiger partial charge on any atom is -0.373 e. The Labute approximate surface area is 165 Å².